The third-order valence-corrected chi connectivity index (χ3v) is 4.23. The normalized spacial score (nSPS) is 10.4. The third kappa shape index (κ3) is 4.20. The smallest absolute Gasteiger partial charge is 0.259 e. The average molecular weight is 379 g/mol. The van der Waals surface area contributed by atoms with Crippen LogP contribution in [0.15, 0.2) is 59.1 Å². The molecule has 144 valence electrons. The molecule has 1 aromatic heterocycles. The summed E-state index contributed by atoms with van der Waals surface area (Å²) in [6.45, 7) is 1.57. The van der Waals surface area contributed by atoms with Crippen molar-refractivity contribution in [2.45, 2.75) is 6.92 Å². The predicted molar refractivity (Wildman–Crippen MR) is 105 cm³/mol. The fourth-order valence-electron chi connectivity index (χ4n) is 2.77. The Labute approximate surface area is 162 Å². The second-order valence-electron chi connectivity index (χ2n) is 6.27. The molecule has 0 fully saturated rings. The number of methoxy groups -OCH3 is 1. The molecule has 1 heterocycles. The van der Waals surface area contributed by atoms with Crippen LogP contribution in [0.4, 0.5) is 5.69 Å². The van der Waals surface area contributed by atoms with Gasteiger partial charge in [0.2, 0.25) is 5.91 Å². The number of nitrogens with zero attached hydrogens (tertiary/aromatic N) is 2. The van der Waals surface area contributed by atoms with Crippen molar-refractivity contribution < 1.29 is 18.8 Å². The lowest BCUT2D eigenvalue weighted by Gasteiger charge is -2.17. The van der Waals surface area contributed by atoms with Crippen LogP contribution in [-0.4, -0.2) is 42.6 Å². The number of ether oxygens (including phenoxy) is 1. The largest absolute Gasteiger partial charge is 0.497 e. The van der Waals surface area contributed by atoms with Crippen molar-refractivity contribution in [3.8, 4) is 17.0 Å². The molecule has 0 bridgehead atoms. The number of likely N-dealkylation sites (N-methyl/N-ethyl adjacent to an activating group) is 1. The summed E-state index contributed by atoms with van der Waals surface area (Å²) in [7, 11) is 3.14. The van der Waals surface area contributed by atoms with Gasteiger partial charge in [-0.15, -0.1) is 0 Å². The van der Waals surface area contributed by atoms with Crippen molar-refractivity contribution in [1.29, 1.82) is 0 Å². The van der Waals surface area contributed by atoms with E-state index in [0.29, 0.717) is 28.5 Å². The first-order valence-corrected chi connectivity index (χ1v) is 8.70. The van der Waals surface area contributed by atoms with Crippen LogP contribution in [0, 0.1) is 6.92 Å². The molecule has 0 unspecified atom stereocenters. The molecule has 3 aromatic rings. The molecule has 1 N–H and O–H groups in total. The van der Waals surface area contributed by atoms with Crippen molar-refractivity contribution >= 4 is 17.5 Å². The van der Waals surface area contributed by atoms with E-state index in [2.05, 4.69) is 10.5 Å². The zero-order valence-electron chi connectivity index (χ0n) is 15.9. The molecular formula is C21H21N3O4. The van der Waals surface area contributed by atoms with Crippen molar-refractivity contribution in [1.82, 2.24) is 10.1 Å². The summed E-state index contributed by atoms with van der Waals surface area (Å²) in [4.78, 5) is 26.6. The highest BCUT2D eigenvalue weighted by Gasteiger charge is 2.25. The molecule has 0 spiro atoms. The van der Waals surface area contributed by atoms with Crippen LogP contribution < -0.4 is 10.1 Å². The van der Waals surface area contributed by atoms with Gasteiger partial charge in [0.25, 0.3) is 5.91 Å². The lowest BCUT2D eigenvalue weighted by molar-refractivity contribution is -0.116. The highest BCUT2D eigenvalue weighted by Crippen LogP contribution is 2.26. The van der Waals surface area contributed by atoms with Crippen LogP contribution >= 0.6 is 0 Å². The van der Waals surface area contributed by atoms with Crippen LogP contribution in [0.1, 0.15) is 16.1 Å². The van der Waals surface area contributed by atoms with Crippen LogP contribution in [0.25, 0.3) is 11.3 Å². The minimum Gasteiger partial charge on any atom is -0.497 e. The summed E-state index contributed by atoms with van der Waals surface area (Å²) in [5, 5.41) is 6.78. The van der Waals surface area contributed by atoms with Gasteiger partial charge in [0.15, 0.2) is 0 Å². The molecule has 3 rings (SSSR count). The zero-order chi connectivity index (χ0) is 20.1. The van der Waals surface area contributed by atoms with Gasteiger partial charge in [0, 0.05) is 18.3 Å². The summed E-state index contributed by atoms with van der Waals surface area (Å²) < 4.78 is 10.3. The van der Waals surface area contributed by atoms with E-state index < -0.39 is 0 Å². The number of benzene rings is 2. The molecular weight excluding hydrogens is 358 g/mol. The molecule has 0 radical (unpaired) electrons. The number of carbonyl (C=O) groups excluding carboxylic acids is 2. The van der Waals surface area contributed by atoms with E-state index in [9.17, 15) is 9.59 Å². The molecule has 2 aromatic carbocycles. The first-order chi connectivity index (χ1) is 13.5. The number of amides is 2. The van der Waals surface area contributed by atoms with Gasteiger partial charge in [0.1, 0.15) is 22.8 Å². The van der Waals surface area contributed by atoms with Gasteiger partial charge in [-0.05, 0) is 31.2 Å². The highest BCUT2D eigenvalue weighted by atomic mass is 16.5. The second-order valence-corrected chi connectivity index (χ2v) is 6.27. The van der Waals surface area contributed by atoms with Gasteiger partial charge in [0.05, 0.1) is 13.7 Å². The quantitative estimate of drug-likeness (QED) is 0.710. The van der Waals surface area contributed by atoms with Gasteiger partial charge in [-0.1, -0.05) is 35.5 Å². The minimum absolute atomic E-state index is 0.107. The number of hydrogen-bond acceptors (Lipinski definition) is 5. The van der Waals surface area contributed by atoms with Crippen molar-refractivity contribution in [3.63, 3.8) is 0 Å². The van der Waals surface area contributed by atoms with Crippen LogP contribution in [0.3, 0.4) is 0 Å². The topological polar surface area (TPSA) is 84.7 Å². The summed E-state index contributed by atoms with van der Waals surface area (Å²) in [5.41, 5.74) is 2.22. The molecule has 0 aliphatic carbocycles. The molecule has 0 atom stereocenters. The predicted octanol–water partition coefficient (Wildman–Crippen LogP) is 3.37. The summed E-state index contributed by atoms with van der Waals surface area (Å²) in [6.07, 6.45) is 0. The Hall–Kier alpha value is -3.61. The zero-order valence-corrected chi connectivity index (χ0v) is 15.9. The molecule has 0 saturated heterocycles. The number of anilines is 1. The first-order valence-electron chi connectivity index (χ1n) is 8.70. The molecule has 7 nitrogen and oxygen atoms in total. The average Bonchev–Trinajstić information content (AvgIpc) is 3.10. The van der Waals surface area contributed by atoms with Gasteiger partial charge in [-0.2, -0.15) is 0 Å². The minimum atomic E-state index is -0.331. The van der Waals surface area contributed by atoms with E-state index in [0.717, 1.165) is 5.56 Å². The van der Waals surface area contributed by atoms with Gasteiger partial charge in [-0.25, -0.2) is 0 Å². The van der Waals surface area contributed by atoms with Crippen molar-refractivity contribution in [2.24, 2.45) is 0 Å². The molecule has 7 heteroatoms. The monoisotopic (exact) mass is 379 g/mol. The molecule has 0 aliphatic heterocycles. The Morgan fingerprint density at radius 2 is 1.79 bits per heavy atom. The number of aromatic nitrogens is 1. The number of carbonyl (C=O) groups is 2. The summed E-state index contributed by atoms with van der Waals surface area (Å²) in [5.74, 6) is 0.465. The van der Waals surface area contributed by atoms with Crippen molar-refractivity contribution in [3.05, 3.63) is 65.9 Å². The van der Waals surface area contributed by atoms with E-state index >= 15 is 0 Å². The lowest BCUT2D eigenvalue weighted by atomic mass is 10.1. The third-order valence-electron chi connectivity index (χ3n) is 4.23. The van der Waals surface area contributed by atoms with Crippen LogP contribution in [0.2, 0.25) is 0 Å². The van der Waals surface area contributed by atoms with Crippen LogP contribution in [-0.2, 0) is 4.79 Å². The number of rotatable bonds is 6. The van der Waals surface area contributed by atoms with E-state index in [4.69, 9.17) is 9.26 Å². The summed E-state index contributed by atoms with van der Waals surface area (Å²) in [6, 6.07) is 16.3. The van der Waals surface area contributed by atoms with E-state index in [-0.39, 0.29) is 18.4 Å². The fourth-order valence-corrected chi connectivity index (χ4v) is 2.77. The van der Waals surface area contributed by atoms with Gasteiger partial charge in [-0.3, -0.25) is 9.59 Å². The Kier molecular flexibility index (Phi) is 5.74. The van der Waals surface area contributed by atoms with E-state index in [1.807, 2.05) is 30.3 Å². The molecule has 0 aliphatic rings. The first kappa shape index (κ1) is 19.2. The SMILES string of the molecule is COc1ccc(NC(=O)CN(C)C(=O)c2c(-c3ccccc3)noc2C)cc1. The van der Waals surface area contributed by atoms with Crippen molar-refractivity contribution in [2.75, 3.05) is 26.0 Å². The second kappa shape index (κ2) is 8.39. The Balaban J connectivity index is 1.71. The number of nitrogens with one attached hydrogen (secondary N) is 1. The molecule has 0 saturated carbocycles. The fraction of sp³-hybridized carbons (Fsp3) is 0.190. The standard InChI is InChI=1S/C21H21N3O4/c1-14-19(20(23-28-14)15-7-5-4-6-8-15)21(26)24(2)13-18(25)22-16-9-11-17(27-3)12-10-16/h4-12H,13H2,1-3H3,(H,22,25). The lowest BCUT2D eigenvalue weighted by Crippen LogP contribution is -2.35. The van der Waals surface area contributed by atoms with Crippen LogP contribution in [0.5, 0.6) is 5.75 Å². The maximum absolute atomic E-state index is 12.9. The maximum Gasteiger partial charge on any atom is 0.259 e. The van der Waals surface area contributed by atoms with E-state index in [1.54, 1.807) is 45.3 Å². The highest BCUT2D eigenvalue weighted by molar-refractivity contribution is 6.03. The number of hydrogen-bond donors (Lipinski definition) is 1. The Bertz CT molecular complexity index is 965. The summed E-state index contributed by atoms with van der Waals surface area (Å²) >= 11 is 0. The maximum atomic E-state index is 12.9. The Morgan fingerprint density at radius 3 is 2.43 bits per heavy atom. The number of aryl methyl sites for hydroxylation is 1. The molecule has 28 heavy (non-hydrogen) atoms. The van der Waals surface area contributed by atoms with Gasteiger partial charge < -0.3 is 19.5 Å². The molecule has 2 amide bonds. The van der Waals surface area contributed by atoms with Gasteiger partial charge >= 0.3 is 0 Å². The Morgan fingerprint density at radius 1 is 1.11 bits per heavy atom. The van der Waals surface area contributed by atoms with E-state index in [1.165, 1.54) is 4.90 Å².